The zero-order valence-corrected chi connectivity index (χ0v) is 17.9. The number of ether oxygens (including phenoxy) is 2. The molecule has 1 N–H and O–H groups in total. The van der Waals surface area contributed by atoms with Crippen LogP contribution in [0.4, 0.5) is 0 Å². The number of rotatable bonds is 7. The van der Waals surface area contributed by atoms with Gasteiger partial charge >= 0.3 is 5.97 Å². The van der Waals surface area contributed by atoms with Crippen LogP contribution in [0, 0.1) is 12.8 Å². The quantitative estimate of drug-likeness (QED) is 0.698. The Morgan fingerprint density at radius 1 is 1.28 bits per heavy atom. The van der Waals surface area contributed by atoms with Crippen LogP contribution in [0.5, 0.6) is 5.75 Å². The zero-order valence-electron chi connectivity index (χ0n) is 17.1. The second-order valence-electron chi connectivity index (χ2n) is 7.15. The van der Waals surface area contributed by atoms with E-state index >= 15 is 0 Å². The molecule has 1 fully saturated rings. The summed E-state index contributed by atoms with van der Waals surface area (Å²) in [5.74, 6) is 0.0682. The largest absolute Gasteiger partial charge is 0.496 e. The zero-order chi connectivity index (χ0) is 20.8. The summed E-state index contributed by atoms with van der Waals surface area (Å²) in [6.45, 7) is 5.01. The van der Waals surface area contributed by atoms with Gasteiger partial charge in [-0.05, 0) is 50.6 Å². The molecule has 1 aliphatic rings. The number of carbonyl (C=O) groups excluding carboxylic acids is 2. The van der Waals surface area contributed by atoms with Crippen LogP contribution in [0.2, 0.25) is 0 Å². The van der Waals surface area contributed by atoms with Gasteiger partial charge in [0.25, 0.3) is 0 Å². The summed E-state index contributed by atoms with van der Waals surface area (Å²) in [4.78, 5) is 31.3. The lowest BCUT2D eigenvalue weighted by Gasteiger charge is -2.30. The average molecular weight is 418 g/mol. The Morgan fingerprint density at radius 2 is 2.03 bits per heavy atom. The van der Waals surface area contributed by atoms with E-state index in [9.17, 15) is 9.59 Å². The van der Waals surface area contributed by atoms with E-state index in [-0.39, 0.29) is 11.8 Å². The summed E-state index contributed by atoms with van der Waals surface area (Å²) >= 11 is 1.67. The molecule has 1 aliphatic heterocycles. The molecule has 0 saturated carbocycles. The Labute approximate surface area is 175 Å². The molecule has 0 radical (unpaired) electrons. The number of thiazole rings is 1. The highest BCUT2D eigenvalue weighted by atomic mass is 32.1. The van der Waals surface area contributed by atoms with Crippen molar-refractivity contribution in [2.75, 3.05) is 27.3 Å². The lowest BCUT2D eigenvalue weighted by Crippen LogP contribution is -2.40. The molecule has 1 saturated heterocycles. The first-order valence-corrected chi connectivity index (χ1v) is 10.5. The summed E-state index contributed by atoms with van der Waals surface area (Å²) < 4.78 is 10.00. The normalized spacial score (nSPS) is 15.1. The molecule has 0 atom stereocenters. The maximum absolute atomic E-state index is 12.6. The Balaban J connectivity index is 1.49. The number of nitrogens with one attached hydrogen (secondary N) is 1. The number of carbonyl (C=O) groups is 2. The fourth-order valence-corrected chi connectivity index (χ4v) is 4.14. The van der Waals surface area contributed by atoms with Crippen molar-refractivity contribution in [1.82, 2.24) is 15.2 Å². The Hall–Kier alpha value is -2.45. The molecule has 0 unspecified atom stereocenters. The first-order chi connectivity index (χ1) is 14.0. The lowest BCUT2D eigenvalue weighted by atomic mass is 9.95. The predicted molar refractivity (Wildman–Crippen MR) is 111 cm³/mol. The minimum Gasteiger partial charge on any atom is -0.496 e. The van der Waals surface area contributed by atoms with Crippen LogP contribution in [0.3, 0.4) is 0 Å². The highest BCUT2D eigenvalue weighted by molar-refractivity contribution is 7.09. The molecule has 2 aromatic rings. The Bertz CT molecular complexity index is 859. The standard InChI is InChI=1S/C21H27N3O4S/c1-14-23-17(13-29-14)12-24-8-6-16(7-9-24)20(25)22-11-15-4-5-19(27-2)18(10-15)21(26)28-3/h4-5,10,13,16H,6-9,11-12H2,1-3H3,(H,22,25). The number of esters is 1. The van der Waals surface area contributed by atoms with E-state index in [1.165, 1.54) is 14.2 Å². The molecule has 3 rings (SSSR count). The molecule has 156 valence electrons. The second kappa shape index (κ2) is 9.84. The minimum absolute atomic E-state index is 0.0155. The number of amides is 1. The van der Waals surface area contributed by atoms with Crippen LogP contribution in [-0.2, 0) is 22.6 Å². The van der Waals surface area contributed by atoms with E-state index in [0.717, 1.165) is 48.7 Å². The summed E-state index contributed by atoms with van der Waals surface area (Å²) in [5.41, 5.74) is 2.29. The van der Waals surface area contributed by atoms with Gasteiger partial charge in [-0.25, -0.2) is 9.78 Å². The summed E-state index contributed by atoms with van der Waals surface area (Å²) in [7, 11) is 2.84. The third-order valence-corrected chi connectivity index (χ3v) is 5.97. The van der Waals surface area contributed by atoms with E-state index in [4.69, 9.17) is 9.47 Å². The smallest absolute Gasteiger partial charge is 0.341 e. The number of piperidine rings is 1. The van der Waals surface area contributed by atoms with Crippen LogP contribution < -0.4 is 10.1 Å². The van der Waals surface area contributed by atoms with Gasteiger partial charge in [0.05, 0.1) is 24.9 Å². The van der Waals surface area contributed by atoms with Gasteiger partial charge in [-0.3, -0.25) is 9.69 Å². The Kier molecular flexibility index (Phi) is 7.22. The third kappa shape index (κ3) is 5.55. The molecule has 7 nitrogen and oxygen atoms in total. The lowest BCUT2D eigenvalue weighted by molar-refractivity contribution is -0.126. The van der Waals surface area contributed by atoms with Crippen LogP contribution in [0.1, 0.15) is 39.5 Å². The molecule has 8 heteroatoms. The van der Waals surface area contributed by atoms with Gasteiger partial charge in [0, 0.05) is 24.4 Å². The number of hydrogen-bond acceptors (Lipinski definition) is 7. The summed E-state index contributed by atoms with van der Waals surface area (Å²) in [6.07, 6.45) is 1.68. The van der Waals surface area contributed by atoms with Gasteiger partial charge in [0.1, 0.15) is 11.3 Å². The fraction of sp³-hybridized carbons (Fsp3) is 0.476. The molecule has 1 aromatic carbocycles. The molecule has 2 heterocycles. The molecule has 0 bridgehead atoms. The van der Waals surface area contributed by atoms with Crippen molar-refractivity contribution >= 4 is 23.2 Å². The highest BCUT2D eigenvalue weighted by Crippen LogP contribution is 2.22. The van der Waals surface area contributed by atoms with Gasteiger partial charge in [-0.15, -0.1) is 11.3 Å². The van der Waals surface area contributed by atoms with Crippen molar-refractivity contribution in [3.05, 3.63) is 45.4 Å². The first-order valence-electron chi connectivity index (χ1n) is 9.66. The number of benzene rings is 1. The number of aromatic nitrogens is 1. The fourth-order valence-electron chi connectivity index (χ4n) is 3.53. The average Bonchev–Trinajstić information content (AvgIpc) is 3.16. The highest BCUT2D eigenvalue weighted by Gasteiger charge is 2.25. The number of methoxy groups -OCH3 is 2. The van der Waals surface area contributed by atoms with Crippen LogP contribution in [-0.4, -0.2) is 49.1 Å². The number of hydrogen-bond donors (Lipinski definition) is 1. The molecule has 29 heavy (non-hydrogen) atoms. The predicted octanol–water partition coefficient (Wildman–Crippen LogP) is 2.78. The summed E-state index contributed by atoms with van der Waals surface area (Å²) in [6, 6.07) is 5.25. The Morgan fingerprint density at radius 3 is 2.66 bits per heavy atom. The van der Waals surface area contributed by atoms with Crippen molar-refractivity contribution < 1.29 is 19.1 Å². The van der Waals surface area contributed by atoms with Crippen molar-refractivity contribution in [2.45, 2.75) is 32.9 Å². The molecule has 0 aliphatic carbocycles. The second-order valence-corrected chi connectivity index (χ2v) is 8.21. The van der Waals surface area contributed by atoms with Gasteiger partial charge < -0.3 is 14.8 Å². The van der Waals surface area contributed by atoms with Gasteiger partial charge in [-0.1, -0.05) is 6.07 Å². The van der Waals surface area contributed by atoms with E-state index in [1.54, 1.807) is 23.5 Å². The number of likely N-dealkylation sites (tertiary alicyclic amines) is 1. The van der Waals surface area contributed by atoms with E-state index in [0.29, 0.717) is 17.9 Å². The molecular weight excluding hydrogens is 390 g/mol. The van der Waals surface area contributed by atoms with E-state index < -0.39 is 5.97 Å². The van der Waals surface area contributed by atoms with E-state index in [2.05, 4.69) is 20.6 Å². The third-order valence-electron chi connectivity index (χ3n) is 5.15. The number of aryl methyl sites for hydroxylation is 1. The minimum atomic E-state index is -0.460. The van der Waals surface area contributed by atoms with Crippen molar-refractivity contribution in [1.29, 1.82) is 0 Å². The summed E-state index contributed by atoms with van der Waals surface area (Å²) in [5, 5.41) is 6.19. The van der Waals surface area contributed by atoms with Crippen molar-refractivity contribution in [2.24, 2.45) is 5.92 Å². The van der Waals surface area contributed by atoms with Gasteiger partial charge in [0.2, 0.25) is 5.91 Å². The van der Waals surface area contributed by atoms with Crippen molar-refractivity contribution in [3.63, 3.8) is 0 Å². The van der Waals surface area contributed by atoms with Gasteiger partial charge in [0.15, 0.2) is 0 Å². The first kappa shape index (κ1) is 21.3. The molecule has 0 spiro atoms. The molecule has 1 amide bonds. The van der Waals surface area contributed by atoms with Crippen molar-refractivity contribution in [3.8, 4) is 5.75 Å². The topological polar surface area (TPSA) is 80.8 Å². The molecular formula is C21H27N3O4S. The molecule has 1 aromatic heterocycles. The number of nitrogens with zero attached hydrogens (tertiary/aromatic N) is 2. The monoisotopic (exact) mass is 417 g/mol. The maximum atomic E-state index is 12.6. The SMILES string of the molecule is COC(=O)c1cc(CNC(=O)C2CCN(Cc3csc(C)n3)CC2)ccc1OC. The maximum Gasteiger partial charge on any atom is 0.341 e. The van der Waals surface area contributed by atoms with Crippen LogP contribution in [0.25, 0.3) is 0 Å². The van der Waals surface area contributed by atoms with Crippen LogP contribution >= 0.6 is 11.3 Å². The van der Waals surface area contributed by atoms with Crippen LogP contribution in [0.15, 0.2) is 23.6 Å². The van der Waals surface area contributed by atoms with Gasteiger partial charge in [-0.2, -0.15) is 0 Å². The van der Waals surface area contributed by atoms with E-state index in [1.807, 2.05) is 13.0 Å².